The monoisotopic (exact) mass is 277 g/mol. The van der Waals surface area contributed by atoms with Crippen molar-refractivity contribution in [3.05, 3.63) is 17.2 Å². The zero-order valence-corrected chi connectivity index (χ0v) is 11.6. The molecule has 1 aromatic rings. The van der Waals surface area contributed by atoms with Gasteiger partial charge in [0.2, 0.25) is 12.5 Å². The maximum absolute atomic E-state index is 11.8. The molecular weight excluding hydrogens is 260 g/mol. The SMILES string of the molecule is COc1c2c(cc3c1[C@H]1NC(=O)C[N+]1(C)CC3)OCO2. The van der Waals surface area contributed by atoms with Gasteiger partial charge in [-0.25, -0.2) is 0 Å². The van der Waals surface area contributed by atoms with E-state index >= 15 is 0 Å². The zero-order chi connectivity index (χ0) is 13.9. The second-order valence-electron chi connectivity index (χ2n) is 5.80. The molecule has 1 aromatic carbocycles. The van der Waals surface area contributed by atoms with Gasteiger partial charge in [-0.2, -0.15) is 0 Å². The normalized spacial score (nSPS) is 29.7. The molecule has 3 heterocycles. The molecule has 3 aliphatic rings. The number of methoxy groups -OCH3 is 1. The number of hydrogen-bond acceptors (Lipinski definition) is 4. The number of carbonyl (C=O) groups excluding carboxylic acids is 1. The Kier molecular flexibility index (Phi) is 2.24. The van der Waals surface area contributed by atoms with Gasteiger partial charge in [0.15, 0.2) is 24.2 Å². The molecule has 0 spiro atoms. The van der Waals surface area contributed by atoms with Crippen molar-refractivity contribution in [2.45, 2.75) is 12.6 Å². The van der Waals surface area contributed by atoms with Crippen molar-refractivity contribution in [3.63, 3.8) is 0 Å². The lowest BCUT2D eigenvalue weighted by Gasteiger charge is -2.39. The van der Waals surface area contributed by atoms with Gasteiger partial charge in [-0.15, -0.1) is 0 Å². The van der Waals surface area contributed by atoms with Crippen LogP contribution in [0.25, 0.3) is 0 Å². The molecule has 1 fully saturated rings. The number of nitrogens with zero attached hydrogens (tertiary/aromatic N) is 1. The molecule has 0 aromatic heterocycles. The molecule has 6 nitrogen and oxygen atoms in total. The Bertz CT molecular complexity index is 616. The summed E-state index contributed by atoms with van der Waals surface area (Å²) in [5, 5.41) is 3.08. The van der Waals surface area contributed by atoms with Crippen LogP contribution in [0.3, 0.4) is 0 Å². The minimum Gasteiger partial charge on any atom is -0.492 e. The fraction of sp³-hybridized carbons (Fsp3) is 0.500. The Morgan fingerprint density at radius 3 is 3.10 bits per heavy atom. The topological polar surface area (TPSA) is 56.8 Å². The largest absolute Gasteiger partial charge is 0.492 e. The number of rotatable bonds is 1. The van der Waals surface area contributed by atoms with Crippen LogP contribution in [0.5, 0.6) is 17.2 Å². The summed E-state index contributed by atoms with van der Waals surface area (Å²) in [5.74, 6) is 2.18. The number of likely N-dealkylation sites (N-methyl/N-ethyl adjacent to an activating group) is 1. The highest BCUT2D eigenvalue weighted by Gasteiger charge is 2.49. The van der Waals surface area contributed by atoms with Crippen LogP contribution < -0.4 is 19.5 Å². The first-order valence-corrected chi connectivity index (χ1v) is 6.75. The predicted molar refractivity (Wildman–Crippen MR) is 69.6 cm³/mol. The van der Waals surface area contributed by atoms with E-state index in [1.54, 1.807) is 7.11 Å². The number of hydrogen-bond donors (Lipinski definition) is 1. The molecule has 20 heavy (non-hydrogen) atoms. The fourth-order valence-electron chi connectivity index (χ4n) is 3.53. The summed E-state index contributed by atoms with van der Waals surface area (Å²) in [6, 6.07) is 2.02. The molecule has 1 N–H and O–H groups in total. The molecular formula is C14H17N2O4+. The summed E-state index contributed by atoms with van der Waals surface area (Å²) in [6.45, 7) is 1.67. The van der Waals surface area contributed by atoms with Gasteiger partial charge in [0.1, 0.15) is 0 Å². The van der Waals surface area contributed by atoms with Crippen LogP contribution in [-0.2, 0) is 11.2 Å². The Morgan fingerprint density at radius 2 is 2.30 bits per heavy atom. The lowest BCUT2D eigenvalue weighted by atomic mass is 9.94. The molecule has 1 saturated heterocycles. The average molecular weight is 277 g/mol. The van der Waals surface area contributed by atoms with E-state index in [0.717, 1.165) is 24.3 Å². The van der Waals surface area contributed by atoms with E-state index in [2.05, 4.69) is 12.4 Å². The first kappa shape index (κ1) is 11.8. The number of ether oxygens (including phenoxy) is 3. The van der Waals surface area contributed by atoms with Gasteiger partial charge < -0.3 is 14.2 Å². The Balaban J connectivity index is 1.93. The van der Waals surface area contributed by atoms with Gasteiger partial charge in [-0.3, -0.25) is 14.6 Å². The van der Waals surface area contributed by atoms with E-state index in [4.69, 9.17) is 14.2 Å². The third-order valence-corrected chi connectivity index (χ3v) is 4.54. The second kappa shape index (κ2) is 3.79. The summed E-state index contributed by atoms with van der Waals surface area (Å²) in [7, 11) is 3.74. The summed E-state index contributed by atoms with van der Waals surface area (Å²) in [5.41, 5.74) is 2.21. The Hall–Kier alpha value is -1.95. The minimum atomic E-state index is -0.0595. The van der Waals surface area contributed by atoms with Crippen LogP contribution in [0.2, 0.25) is 0 Å². The van der Waals surface area contributed by atoms with Crippen molar-refractivity contribution in [1.29, 1.82) is 0 Å². The highest BCUT2D eigenvalue weighted by Crippen LogP contribution is 2.50. The third kappa shape index (κ3) is 1.39. The fourth-order valence-corrected chi connectivity index (χ4v) is 3.53. The number of benzene rings is 1. The molecule has 0 bridgehead atoms. The lowest BCUT2D eigenvalue weighted by Crippen LogP contribution is -2.49. The number of quaternary nitrogens is 1. The summed E-state index contributed by atoms with van der Waals surface area (Å²) < 4.78 is 17.3. The van der Waals surface area contributed by atoms with Gasteiger partial charge in [0.25, 0.3) is 5.91 Å². The Labute approximate surface area is 116 Å². The average Bonchev–Trinajstić information content (AvgIpc) is 2.98. The third-order valence-electron chi connectivity index (χ3n) is 4.54. The molecule has 0 saturated carbocycles. The lowest BCUT2D eigenvalue weighted by molar-refractivity contribution is -0.927. The van der Waals surface area contributed by atoms with Crippen LogP contribution in [0.4, 0.5) is 0 Å². The van der Waals surface area contributed by atoms with E-state index in [-0.39, 0.29) is 18.9 Å². The number of fused-ring (bicyclic) bond motifs is 4. The van der Waals surface area contributed by atoms with E-state index in [1.807, 2.05) is 6.07 Å². The molecule has 106 valence electrons. The maximum atomic E-state index is 11.8. The van der Waals surface area contributed by atoms with Gasteiger partial charge in [0.05, 0.1) is 26.3 Å². The second-order valence-corrected chi connectivity index (χ2v) is 5.80. The molecule has 3 aliphatic heterocycles. The predicted octanol–water partition coefficient (Wildman–Crippen LogP) is 0.555. The van der Waals surface area contributed by atoms with Gasteiger partial charge >= 0.3 is 0 Å². The van der Waals surface area contributed by atoms with E-state index < -0.39 is 0 Å². The molecule has 1 unspecified atom stereocenters. The summed E-state index contributed by atoms with van der Waals surface area (Å²) >= 11 is 0. The van der Waals surface area contributed by atoms with Crippen molar-refractivity contribution in [2.24, 2.45) is 0 Å². The standard InChI is InChI=1S/C14H16N2O4/c1-16-4-3-8-5-9-12(20-7-19-9)13(18-2)11(8)14(16)15-10(17)6-16/h5,14H,3-4,6-7H2,1-2H3/p+1/t14-,16?/m0/s1. The number of carbonyl (C=O) groups is 1. The van der Waals surface area contributed by atoms with Crippen molar-refractivity contribution in [1.82, 2.24) is 5.32 Å². The van der Waals surface area contributed by atoms with Gasteiger partial charge in [-0.1, -0.05) is 0 Å². The molecule has 4 rings (SSSR count). The zero-order valence-electron chi connectivity index (χ0n) is 11.6. The van der Waals surface area contributed by atoms with Crippen LogP contribution in [-0.4, -0.2) is 44.4 Å². The molecule has 0 aliphatic carbocycles. The quantitative estimate of drug-likeness (QED) is 0.762. The van der Waals surface area contributed by atoms with E-state index in [9.17, 15) is 4.79 Å². The molecule has 0 radical (unpaired) electrons. The minimum absolute atomic E-state index is 0.0595. The van der Waals surface area contributed by atoms with Crippen molar-refractivity contribution in [3.8, 4) is 17.2 Å². The van der Waals surface area contributed by atoms with Crippen LogP contribution in [0, 0.1) is 0 Å². The maximum Gasteiger partial charge on any atom is 0.280 e. The van der Waals surface area contributed by atoms with Gasteiger partial charge in [0, 0.05) is 6.42 Å². The summed E-state index contributed by atoms with van der Waals surface area (Å²) in [4.78, 5) is 11.8. The summed E-state index contributed by atoms with van der Waals surface area (Å²) in [6.07, 6.45) is 0.847. The van der Waals surface area contributed by atoms with E-state index in [0.29, 0.717) is 22.5 Å². The molecule has 2 atom stereocenters. The van der Waals surface area contributed by atoms with Crippen molar-refractivity contribution in [2.75, 3.05) is 34.0 Å². The smallest absolute Gasteiger partial charge is 0.280 e. The Morgan fingerprint density at radius 1 is 1.45 bits per heavy atom. The van der Waals surface area contributed by atoms with Crippen molar-refractivity contribution >= 4 is 5.91 Å². The van der Waals surface area contributed by atoms with Crippen LogP contribution in [0.15, 0.2) is 6.07 Å². The molecule has 1 amide bonds. The molecule has 6 heteroatoms. The number of nitrogens with one attached hydrogen (secondary N) is 1. The highest BCUT2D eigenvalue weighted by atomic mass is 16.7. The first-order valence-electron chi connectivity index (χ1n) is 6.75. The van der Waals surface area contributed by atoms with Crippen LogP contribution >= 0.6 is 0 Å². The number of amides is 1. The van der Waals surface area contributed by atoms with Gasteiger partial charge in [-0.05, 0) is 11.6 Å². The highest BCUT2D eigenvalue weighted by molar-refractivity contribution is 5.79. The van der Waals surface area contributed by atoms with E-state index in [1.165, 1.54) is 5.56 Å². The van der Waals surface area contributed by atoms with Crippen molar-refractivity contribution < 1.29 is 23.5 Å². The first-order chi connectivity index (χ1) is 9.62. The van der Waals surface area contributed by atoms with Crippen LogP contribution in [0.1, 0.15) is 17.3 Å².